The number of thioether (sulfide) groups is 1. The highest BCUT2D eigenvalue weighted by atomic mass is 32.2. The van der Waals surface area contributed by atoms with Crippen LogP contribution in [0.4, 0.5) is 5.69 Å². The van der Waals surface area contributed by atoms with E-state index in [9.17, 15) is 14.7 Å². The molecule has 0 unspecified atom stereocenters. The average molecular weight is 388 g/mol. The second-order valence-electron chi connectivity index (χ2n) is 6.77. The lowest BCUT2D eigenvalue weighted by Gasteiger charge is -2.11. The van der Waals surface area contributed by atoms with Crippen LogP contribution in [-0.2, 0) is 22.7 Å². The predicted octanol–water partition coefficient (Wildman–Crippen LogP) is 2.00. The van der Waals surface area contributed by atoms with E-state index < -0.39 is 0 Å². The van der Waals surface area contributed by atoms with E-state index in [1.54, 1.807) is 4.57 Å². The van der Waals surface area contributed by atoms with Crippen molar-refractivity contribution in [2.45, 2.75) is 51.0 Å². The molecule has 1 aliphatic rings. The molecule has 0 bridgehead atoms. The highest BCUT2D eigenvalue weighted by Crippen LogP contribution is 2.22. The van der Waals surface area contributed by atoms with Crippen LogP contribution in [0.5, 0.6) is 0 Å². The van der Waals surface area contributed by atoms with Gasteiger partial charge in [-0.05, 0) is 38.3 Å². The molecular formula is C19H24N4O3S. The number of amides is 2. The zero-order chi connectivity index (χ0) is 19.4. The Balaban J connectivity index is 1.60. The van der Waals surface area contributed by atoms with Gasteiger partial charge in [-0.2, -0.15) is 0 Å². The zero-order valence-electron chi connectivity index (χ0n) is 15.5. The van der Waals surface area contributed by atoms with Crippen molar-refractivity contribution in [2.75, 3.05) is 11.1 Å². The van der Waals surface area contributed by atoms with Gasteiger partial charge in [-0.15, -0.1) is 0 Å². The number of nitrogens with zero attached hydrogens (tertiary/aromatic N) is 2. The molecule has 0 spiro atoms. The first-order valence-electron chi connectivity index (χ1n) is 8.91. The molecule has 144 valence electrons. The van der Waals surface area contributed by atoms with E-state index in [1.165, 1.54) is 18.0 Å². The van der Waals surface area contributed by atoms with Crippen LogP contribution in [0.1, 0.15) is 29.7 Å². The van der Waals surface area contributed by atoms with Crippen LogP contribution in [0.25, 0.3) is 0 Å². The van der Waals surface area contributed by atoms with Crippen molar-refractivity contribution in [1.82, 2.24) is 14.9 Å². The number of anilines is 1. The highest BCUT2D eigenvalue weighted by molar-refractivity contribution is 7.99. The number of imidazole rings is 1. The van der Waals surface area contributed by atoms with E-state index in [-0.39, 0.29) is 36.8 Å². The second kappa shape index (κ2) is 8.58. The normalized spacial score (nSPS) is 13.4. The van der Waals surface area contributed by atoms with Crippen LogP contribution in [0.3, 0.4) is 0 Å². The second-order valence-corrected chi connectivity index (χ2v) is 7.72. The number of hydrogen-bond acceptors (Lipinski definition) is 5. The van der Waals surface area contributed by atoms with Crippen molar-refractivity contribution in [3.63, 3.8) is 0 Å². The van der Waals surface area contributed by atoms with Gasteiger partial charge in [0.1, 0.15) is 6.54 Å². The first-order chi connectivity index (χ1) is 13.0. The summed E-state index contributed by atoms with van der Waals surface area (Å²) < 4.78 is 1.66. The van der Waals surface area contributed by atoms with Gasteiger partial charge in [0.25, 0.3) is 0 Å². The Morgan fingerprint density at radius 3 is 2.74 bits per heavy atom. The van der Waals surface area contributed by atoms with Gasteiger partial charge in [-0.25, -0.2) is 4.98 Å². The monoisotopic (exact) mass is 388 g/mol. The number of hydrogen-bond donors (Lipinski definition) is 3. The molecule has 7 nitrogen and oxygen atoms in total. The SMILES string of the molecule is Cc1ccc(NC(=O)CSc2ncc(CO)n2CC(=O)NC2CC2)c(C)c1. The van der Waals surface area contributed by atoms with Gasteiger partial charge in [-0.1, -0.05) is 29.5 Å². The van der Waals surface area contributed by atoms with Gasteiger partial charge in [0.15, 0.2) is 5.16 Å². The summed E-state index contributed by atoms with van der Waals surface area (Å²) in [4.78, 5) is 28.6. The zero-order valence-corrected chi connectivity index (χ0v) is 16.3. The van der Waals surface area contributed by atoms with E-state index in [4.69, 9.17) is 0 Å². The maximum absolute atomic E-state index is 12.3. The van der Waals surface area contributed by atoms with Gasteiger partial charge in [0.2, 0.25) is 11.8 Å². The van der Waals surface area contributed by atoms with Crippen LogP contribution in [-0.4, -0.2) is 38.3 Å². The summed E-state index contributed by atoms with van der Waals surface area (Å²) in [6, 6.07) is 6.13. The molecule has 1 fully saturated rings. The van der Waals surface area contributed by atoms with E-state index in [2.05, 4.69) is 15.6 Å². The summed E-state index contributed by atoms with van der Waals surface area (Å²) in [5.74, 6) is -0.0827. The fraction of sp³-hybridized carbons (Fsp3) is 0.421. The molecule has 0 aliphatic heterocycles. The largest absolute Gasteiger partial charge is 0.390 e. The number of aliphatic hydroxyl groups excluding tert-OH is 1. The highest BCUT2D eigenvalue weighted by Gasteiger charge is 2.24. The predicted molar refractivity (Wildman–Crippen MR) is 105 cm³/mol. The molecule has 0 atom stereocenters. The molecule has 1 aliphatic carbocycles. The van der Waals surface area contributed by atoms with Gasteiger partial charge < -0.3 is 20.3 Å². The van der Waals surface area contributed by atoms with Crippen molar-refractivity contribution >= 4 is 29.3 Å². The molecular weight excluding hydrogens is 364 g/mol. The number of nitrogens with one attached hydrogen (secondary N) is 2. The number of benzene rings is 1. The third-order valence-electron chi connectivity index (χ3n) is 4.30. The Morgan fingerprint density at radius 2 is 2.07 bits per heavy atom. The van der Waals surface area contributed by atoms with Crippen molar-refractivity contribution in [1.29, 1.82) is 0 Å². The van der Waals surface area contributed by atoms with Crippen LogP contribution >= 0.6 is 11.8 Å². The molecule has 0 radical (unpaired) electrons. The lowest BCUT2D eigenvalue weighted by Crippen LogP contribution is -2.30. The van der Waals surface area contributed by atoms with Crippen molar-refractivity contribution in [3.05, 3.63) is 41.2 Å². The molecule has 27 heavy (non-hydrogen) atoms. The summed E-state index contributed by atoms with van der Waals surface area (Å²) in [5.41, 5.74) is 3.49. The summed E-state index contributed by atoms with van der Waals surface area (Å²) in [5, 5.41) is 15.8. The van der Waals surface area contributed by atoms with Crippen molar-refractivity contribution in [2.24, 2.45) is 0 Å². The first kappa shape index (κ1) is 19.4. The van der Waals surface area contributed by atoms with E-state index in [1.807, 2.05) is 32.0 Å². The molecule has 2 amide bonds. The quantitative estimate of drug-likeness (QED) is 0.601. The van der Waals surface area contributed by atoms with Gasteiger partial charge in [0.05, 0.1) is 24.3 Å². The maximum atomic E-state index is 12.3. The van der Waals surface area contributed by atoms with Crippen LogP contribution < -0.4 is 10.6 Å². The van der Waals surface area contributed by atoms with Crippen LogP contribution in [0, 0.1) is 13.8 Å². The molecule has 0 saturated heterocycles. The number of carbonyl (C=O) groups is 2. The van der Waals surface area contributed by atoms with E-state index in [0.717, 1.165) is 29.7 Å². The molecule has 1 saturated carbocycles. The topological polar surface area (TPSA) is 96.2 Å². The third kappa shape index (κ3) is 5.33. The first-order valence-corrected chi connectivity index (χ1v) is 9.89. The molecule has 2 aromatic rings. The Kier molecular flexibility index (Phi) is 6.18. The fourth-order valence-corrected chi connectivity index (χ4v) is 3.51. The Bertz CT molecular complexity index is 845. The maximum Gasteiger partial charge on any atom is 0.240 e. The summed E-state index contributed by atoms with van der Waals surface area (Å²) in [6.45, 7) is 3.84. The lowest BCUT2D eigenvalue weighted by atomic mass is 10.1. The minimum Gasteiger partial charge on any atom is -0.390 e. The third-order valence-corrected chi connectivity index (χ3v) is 5.29. The van der Waals surface area contributed by atoms with Gasteiger partial charge in [0, 0.05) is 11.7 Å². The van der Waals surface area contributed by atoms with Gasteiger partial charge in [-0.3, -0.25) is 9.59 Å². The summed E-state index contributed by atoms with van der Waals surface area (Å²) in [6.07, 6.45) is 3.57. The minimum atomic E-state index is -0.209. The van der Waals surface area contributed by atoms with E-state index >= 15 is 0 Å². The summed E-state index contributed by atoms with van der Waals surface area (Å²) >= 11 is 1.24. The molecule has 8 heteroatoms. The van der Waals surface area contributed by atoms with Crippen molar-refractivity contribution in [3.8, 4) is 0 Å². The Morgan fingerprint density at radius 1 is 1.30 bits per heavy atom. The summed E-state index contributed by atoms with van der Waals surface area (Å²) in [7, 11) is 0. The van der Waals surface area contributed by atoms with Crippen LogP contribution in [0.2, 0.25) is 0 Å². The number of aliphatic hydroxyl groups is 1. The molecule has 3 rings (SSSR count). The standard InChI is InChI=1S/C19H24N4O3S/c1-12-3-6-16(13(2)7-12)22-18(26)11-27-19-20-8-15(10-24)23(19)9-17(25)21-14-4-5-14/h3,6-8,14,24H,4-5,9-11H2,1-2H3,(H,21,25)(H,22,26). The number of aromatic nitrogens is 2. The van der Waals surface area contributed by atoms with Gasteiger partial charge >= 0.3 is 0 Å². The average Bonchev–Trinajstić information content (AvgIpc) is 3.35. The molecule has 1 aromatic heterocycles. The van der Waals surface area contributed by atoms with E-state index in [0.29, 0.717) is 10.9 Å². The van der Waals surface area contributed by atoms with Crippen LogP contribution in [0.15, 0.2) is 29.6 Å². The Hall–Kier alpha value is -2.32. The minimum absolute atomic E-state index is 0.0907. The number of rotatable bonds is 8. The number of carbonyl (C=O) groups excluding carboxylic acids is 2. The molecule has 1 aromatic carbocycles. The smallest absolute Gasteiger partial charge is 0.240 e. The molecule has 1 heterocycles. The fourth-order valence-electron chi connectivity index (χ4n) is 2.72. The lowest BCUT2D eigenvalue weighted by molar-refractivity contribution is -0.122. The number of aryl methyl sites for hydroxylation is 2. The Labute approximate surface area is 162 Å². The van der Waals surface area contributed by atoms with Crippen molar-refractivity contribution < 1.29 is 14.7 Å². The molecule has 3 N–H and O–H groups in total.